The first-order chi connectivity index (χ1) is 15.6. The van der Waals surface area contributed by atoms with E-state index in [0.29, 0.717) is 22.1 Å². The molecule has 4 aromatic rings. The Morgan fingerprint density at radius 3 is 2.88 bits per heavy atom. The second kappa shape index (κ2) is 8.50. The number of aromatic nitrogens is 4. The second-order valence-corrected chi connectivity index (χ2v) is 8.15. The highest BCUT2D eigenvalue weighted by molar-refractivity contribution is 6.35. The van der Waals surface area contributed by atoms with Crippen molar-refractivity contribution in [3.05, 3.63) is 59.5 Å². The van der Waals surface area contributed by atoms with E-state index in [1.807, 2.05) is 43.7 Å². The Bertz CT molecular complexity index is 1340. The summed E-state index contributed by atoms with van der Waals surface area (Å²) >= 11 is 6.40. The van der Waals surface area contributed by atoms with Crippen molar-refractivity contribution in [1.82, 2.24) is 25.1 Å². The molecule has 7 nitrogen and oxygen atoms in total. The zero-order valence-corrected chi connectivity index (χ0v) is 18.2. The Balaban J connectivity index is 1.50. The van der Waals surface area contributed by atoms with Crippen LogP contribution in [0.4, 0.5) is 11.6 Å². The van der Waals surface area contributed by atoms with E-state index in [1.54, 1.807) is 16.9 Å². The molecule has 1 saturated heterocycles. The van der Waals surface area contributed by atoms with Crippen LogP contribution in [0.1, 0.15) is 12.0 Å². The maximum Gasteiger partial charge on any atom is 0.227 e. The van der Waals surface area contributed by atoms with Gasteiger partial charge in [0.05, 0.1) is 16.7 Å². The van der Waals surface area contributed by atoms with Crippen molar-refractivity contribution < 1.29 is 4.74 Å². The van der Waals surface area contributed by atoms with Gasteiger partial charge in [0.1, 0.15) is 11.9 Å². The molecular formula is C24H21ClN6O. The first-order valence-electron chi connectivity index (χ1n) is 10.3. The highest BCUT2D eigenvalue weighted by Gasteiger charge is 2.17. The number of nitrogens with one attached hydrogen (secondary N) is 2. The van der Waals surface area contributed by atoms with Crippen molar-refractivity contribution >= 4 is 34.1 Å². The molecule has 0 spiro atoms. The molecule has 0 radical (unpaired) electrons. The molecule has 1 fully saturated rings. The molecule has 5 rings (SSSR count). The van der Waals surface area contributed by atoms with Crippen LogP contribution in [0.25, 0.3) is 22.0 Å². The Kier molecular flexibility index (Phi) is 5.39. The van der Waals surface area contributed by atoms with Crippen LogP contribution in [-0.4, -0.2) is 38.9 Å². The number of hydrogen-bond acceptors (Lipinski definition) is 6. The van der Waals surface area contributed by atoms with E-state index in [2.05, 4.69) is 31.6 Å². The van der Waals surface area contributed by atoms with E-state index < -0.39 is 0 Å². The van der Waals surface area contributed by atoms with Gasteiger partial charge in [-0.05, 0) is 42.8 Å². The molecule has 1 aliphatic rings. The standard InChI is InChI=1S/C24H21ClN6O/c1-3-15-6-17-11-27-24(30-23(17)22(25)7-15)29-19-8-16(18-12-28-31(2)14-18)9-21(10-19)32-20-4-5-26-13-20/h1,6-12,14,20,26H,4-5,13H2,2H3,(H,27,29,30)/t20-/m1/s1. The molecule has 8 heteroatoms. The minimum absolute atomic E-state index is 0.146. The average Bonchev–Trinajstić information content (AvgIpc) is 3.45. The molecule has 2 N–H and O–H groups in total. The van der Waals surface area contributed by atoms with Crippen molar-refractivity contribution in [2.24, 2.45) is 7.05 Å². The van der Waals surface area contributed by atoms with Crippen LogP contribution < -0.4 is 15.4 Å². The number of anilines is 2. The first-order valence-corrected chi connectivity index (χ1v) is 10.7. The summed E-state index contributed by atoms with van der Waals surface area (Å²) in [5, 5.41) is 12.2. The monoisotopic (exact) mass is 444 g/mol. The molecule has 3 heterocycles. The normalized spacial score (nSPS) is 15.6. The number of hydrogen-bond donors (Lipinski definition) is 2. The van der Waals surface area contributed by atoms with E-state index in [0.717, 1.165) is 47.5 Å². The predicted molar refractivity (Wildman–Crippen MR) is 126 cm³/mol. The lowest BCUT2D eigenvalue weighted by Gasteiger charge is -2.15. The average molecular weight is 445 g/mol. The third kappa shape index (κ3) is 4.24. The van der Waals surface area contributed by atoms with Gasteiger partial charge in [0.25, 0.3) is 0 Å². The highest BCUT2D eigenvalue weighted by atomic mass is 35.5. The van der Waals surface area contributed by atoms with Crippen LogP contribution >= 0.6 is 11.6 Å². The Labute approximate surface area is 190 Å². The summed E-state index contributed by atoms with van der Waals surface area (Å²) in [5.74, 6) is 3.81. The van der Waals surface area contributed by atoms with Crippen molar-refractivity contribution in [1.29, 1.82) is 0 Å². The smallest absolute Gasteiger partial charge is 0.227 e. The molecule has 1 aliphatic heterocycles. The van der Waals surface area contributed by atoms with E-state index in [9.17, 15) is 0 Å². The molecular weight excluding hydrogens is 424 g/mol. The summed E-state index contributed by atoms with van der Waals surface area (Å²) in [4.78, 5) is 9.04. The van der Waals surface area contributed by atoms with E-state index in [1.165, 1.54) is 0 Å². The molecule has 2 aromatic heterocycles. The van der Waals surface area contributed by atoms with Crippen molar-refractivity contribution in [3.63, 3.8) is 0 Å². The molecule has 0 bridgehead atoms. The predicted octanol–water partition coefficient (Wildman–Crippen LogP) is 4.15. The fourth-order valence-corrected chi connectivity index (χ4v) is 4.04. The number of terminal acetylenes is 1. The van der Waals surface area contributed by atoms with Gasteiger partial charge in [-0.25, -0.2) is 9.97 Å². The molecule has 160 valence electrons. The molecule has 0 amide bonds. The number of halogens is 1. The topological polar surface area (TPSA) is 76.9 Å². The third-order valence-electron chi connectivity index (χ3n) is 5.32. The van der Waals surface area contributed by atoms with Gasteiger partial charge >= 0.3 is 0 Å². The molecule has 0 saturated carbocycles. The second-order valence-electron chi connectivity index (χ2n) is 7.74. The van der Waals surface area contributed by atoms with Gasteiger partial charge in [-0.1, -0.05) is 17.5 Å². The largest absolute Gasteiger partial charge is 0.489 e. The number of rotatable bonds is 5. The summed E-state index contributed by atoms with van der Waals surface area (Å²) in [6.07, 6.45) is 12.1. The van der Waals surface area contributed by atoms with Gasteiger partial charge in [0, 0.05) is 54.3 Å². The van der Waals surface area contributed by atoms with Crippen molar-refractivity contribution in [2.45, 2.75) is 12.5 Å². The fraction of sp³-hybridized carbons (Fsp3) is 0.208. The summed E-state index contributed by atoms with van der Waals surface area (Å²) in [7, 11) is 1.89. The third-order valence-corrected chi connectivity index (χ3v) is 5.61. The summed E-state index contributed by atoms with van der Waals surface area (Å²) < 4.78 is 8.00. The quantitative estimate of drug-likeness (QED) is 0.450. The maximum absolute atomic E-state index is 6.40. The van der Waals surface area contributed by atoms with Crippen LogP contribution in [0.2, 0.25) is 5.02 Å². The number of aryl methyl sites for hydroxylation is 1. The van der Waals surface area contributed by atoms with Crippen LogP contribution in [0.15, 0.2) is 48.9 Å². The summed E-state index contributed by atoms with van der Waals surface area (Å²) in [6, 6.07) is 9.57. The van der Waals surface area contributed by atoms with Crippen LogP contribution in [0.3, 0.4) is 0 Å². The van der Waals surface area contributed by atoms with Gasteiger partial charge in [0.2, 0.25) is 5.95 Å². The minimum atomic E-state index is 0.146. The summed E-state index contributed by atoms with van der Waals surface area (Å²) in [6.45, 7) is 1.80. The van der Waals surface area contributed by atoms with Crippen molar-refractivity contribution in [3.8, 4) is 29.2 Å². The lowest BCUT2D eigenvalue weighted by atomic mass is 10.1. The minimum Gasteiger partial charge on any atom is -0.489 e. The zero-order chi connectivity index (χ0) is 22.1. The Morgan fingerprint density at radius 2 is 2.12 bits per heavy atom. The number of benzene rings is 2. The van der Waals surface area contributed by atoms with E-state index in [4.69, 9.17) is 22.8 Å². The van der Waals surface area contributed by atoms with Crippen LogP contribution in [0, 0.1) is 12.3 Å². The SMILES string of the molecule is C#Cc1cc(Cl)c2nc(Nc3cc(O[C@@H]4CCNC4)cc(-c4cnn(C)c4)c3)ncc2c1. The molecule has 32 heavy (non-hydrogen) atoms. The molecule has 0 unspecified atom stereocenters. The molecule has 0 aliphatic carbocycles. The molecule has 2 aromatic carbocycles. The van der Waals surface area contributed by atoms with Gasteiger partial charge in [0.15, 0.2) is 0 Å². The molecule has 1 atom stereocenters. The van der Waals surface area contributed by atoms with Crippen LogP contribution in [-0.2, 0) is 7.05 Å². The van der Waals surface area contributed by atoms with E-state index in [-0.39, 0.29) is 6.10 Å². The fourth-order valence-electron chi connectivity index (χ4n) is 3.77. The van der Waals surface area contributed by atoms with Crippen LogP contribution in [0.5, 0.6) is 5.75 Å². The van der Waals surface area contributed by atoms with Gasteiger partial charge in [-0.3, -0.25) is 4.68 Å². The lowest BCUT2D eigenvalue weighted by Crippen LogP contribution is -2.19. The van der Waals surface area contributed by atoms with Gasteiger partial charge < -0.3 is 15.4 Å². The van der Waals surface area contributed by atoms with E-state index >= 15 is 0 Å². The number of fused-ring (bicyclic) bond motifs is 1. The van der Waals surface area contributed by atoms with Crippen molar-refractivity contribution in [2.75, 3.05) is 18.4 Å². The zero-order valence-electron chi connectivity index (χ0n) is 17.5. The summed E-state index contributed by atoms with van der Waals surface area (Å²) in [5.41, 5.74) is 4.12. The number of ether oxygens (including phenoxy) is 1. The van der Waals surface area contributed by atoms with Gasteiger partial charge in [-0.15, -0.1) is 6.42 Å². The Hall–Kier alpha value is -3.60. The Morgan fingerprint density at radius 1 is 1.22 bits per heavy atom. The number of nitrogens with zero attached hydrogens (tertiary/aromatic N) is 4. The lowest BCUT2D eigenvalue weighted by molar-refractivity contribution is 0.223. The maximum atomic E-state index is 6.40. The first kappa shape index (κ1) is 20.3. The highest BCUT2D eigenvalue weighted by Crippen LogP contribution is 2.31. The van der Waals surface area contributed by atoms with Gasteiger partial charge in [-0.2, -0.15) is 5.10 Å².